The molecule has 0 atom stereocenters. The Morgan fingerprint density at radius 3 is 2.41 bits per heavy atom. The lowest BCUT2D eigenvalue weighted by Gasteiger charge is -2.22. The smallest absolute Gasteiger partial charge is 0.273 e. The van der Waals surface area contributed by atoms with Gasteiger partial charge in [0, 0.05) is 35.8 Å². The summed E-state index contributed by atoms with van der Waals surface area (Å²) in [5.41, 5.74) is 7.43. The highest BCUT2D eigenvalue weighted by Crippen LogP contribution is 2.31. The van der Waals surface area contributed by atoms with Gasteiger partial charge in [-0.05, 0) is 44.0 Å². The van der Waals surface area contributed by atoms with Crippen molar-refractivity contribution in [2.75, 3.05) is 23.3 Å². The average molecular weight is 368 g/mol. The fraction of sp³-hybridized carbons (Fsp3) is 0.263. The van der Waals surface area contributed by atoms with Gasteiger partial charge in [0.2, 0.25) is 5.91 Å². The van der Waals surface area contributed by atoms with Gasteiger partial charge in [0.15, 0.2) is 0 Å². The van der Waals surface area contributed by atoms with E-state index in [-0.39, 0.29) is 16.8 Å². The first kappa shape index (κ1) is 18.4. The summed E-state index contributed by atoms with van der Waals surface area (Å²) < 4.78 is 0. The van der Waals surface area contributed by atoms with Gasteiger partial charge in [0.25, 0.3) is 11.6 Å². The Morgan fingerprint density at radius 2 is 1.78 bits per heavy atom. The second kappa shape index (κ2) is 7.45. The van der Waals surface area contributed by atoms with Crippen LogP contribution in [0.1, 0.15) is 39.1 Å². The van der Waals surface area contributed by atoms with Crippen LogP contribution in [0.2, 0.25) is 0 Å². The number of nitrogens with two attached hydrogens (primary N) is 1. The zero-order chi connectivity index (χ0) is 19.6. The molecule has 140 valence electrons. The topological polar surface area (TPSA) is 119 Å². The van der Waals surface area contributed by atoms with Crippen LogP contribution in [0.3, 0.4) is 0 Å². The predicted octanol–water partition coefficient (Wildman–Crippen LogP) is 2.85. The number of aryl methyl sites for hydroxylation is 1. The van der Waals surface area contributed by atoms with Gasteiger partial charge >= 0.3 is 0 Å². The molecule has 1 fully saturated rings. The average Bonchev–Trinajstić information content (AvgIpc) is 3.16. The summed E-state index contributed by atoms with van der Waals surface area (Å²) in [5, 5.41) is 13.9. The SMILES string of the molecule is Cc1ccc(C(=O)Nc2cc(C(N)=O)ccc2N2CCCC2)cc1[N+](=O)[O-]. The number of hydrogen-bond donors (Lipinski definition) is 2. The molecular weight excluding hydrogens is 348 g/mol. The second-order valence-electron chi connectivity index (χ2n) is 6.50. The summed E-state index contributed by atoms with van der Waals surface area (Å²) in [7, 11) is 0. The molecule has 0 aliphatic carbocycles. The van der Waals surface area contributed by atoms with E-state index >= 15 is 0 Å². The molecule has 27 heavy (non-hydrogen) atoms. The molecule has 0 spiro atoms. The molecule has 1 saturated heterocycles. The molecule has 2 aromatic carbocycles. The highest BCUT2D eigenvalue weighted by Gasteiger charge is 2.20. The van der Waals surface area contributed by atoms with Gasteiger partial charge < -0.3 is 16.0 Å². The normalized spacial score (nSPS) is 13.4. The van der Waals surface area contributed by atoms with Crippen molar-refractivity contribution in [2.24, 2.45) is 5.73 Å². The number of nitro groups is 1. The molecule has 0 saturated carbocycles. The first-order valence-electron chi connectivity index (χ1n) is 8.62. The van der Waals surface area contributed by atoms with E-state index in [1.807, 2.05) is 0 Å². The number of nitro benzene ring substituents is 1. The van der Waals surface area contributed by atoms with Crippen LogP contribution in [0.4, 0.5) is 17.1 Å². The quantitative estimate of drug-likeness (QED) is 0.621. The van der Waals surface area contributed by atoms with Crippen molar-refractivity contribution in [2.45, 2.75) is 19.8 Å². The fourth-order valence-electron chi connectivity index (χ4n) is 3.17. The Morgan fingerprint density at radius 1 is 1.11 bits per heavy atom. The number of anilines is 2. The van der Waals surface area contributed by atoms with E-state index in [0.29, 0.717) is 11.3 Å². The van der Waals surface area contributed by atoms with E-state index in [2.05, 4.69) is 10.2 Å². The lowest BCUT2D eigenvalue weighted by molar-refractivity contribution is -0.385. The standard InChI is InChI=1S/C19H20N4O4/c1-12-4-5-14(11-17(12)23(26)27)19(25)21-15-10-13(18(20)24)6-7-16(15)22-8-2-3-9-22/h4-7,10-11H,2-3,8-9H2,1H3,(H2,20,24)(H,21,25). The molecule has 3 N–H and O–H groups in total. The maximum absolute atomic E-state index is 12.7. The molecule has 1 heterocycles. The zero-order valence-electron chi connectivity index (χ0n) is 14.9. The summed E-state index contributed by atoms with van der Waals surface area (Å²) in [6.45, 7) is 3.32. The maximum Gasteiger partial charge on any atom is 0.273 e. The van der Waals surface area contributed by atoms with Crippen molar-refractivity contribution >= 4 is 28.9 Å². The lowest BCUT2D eigenvalue weighted by atomic mass is 10.1. The first-order chi connectivity index (χ1) is 12.9. The molecule has 0 bridgehead atoms. The summed E-state index contributed by atoms with van der Waals surface area (Å²) >= 11 is 0. The molecule has 0 unspecified atom stereocenters. The third-order valence-electron chi connectivity index (χ3n) is 4.64. The molecule has 0 aromatic heterocycles. The number of nitrogens with one attached hydrogen (secondary N) is 1. The van der Waals surface area contributed by atoms with E-state index in [1.165, 1.54) is 24.3 Å². The minimum atomic E-state index is -0.593. The fourth-order valence-corrected chi connectivity index (χ4v) is 3.17. The van der Waals surface area contributed by atoms with Gasteiger partial charge in [-0.1, -0.05) is 6.07 Å². The van der Waals surface area contributed by atoms with Crippen molar-refractivity contribution in [1.82, 2.24) is 0 Å². The number of primary amides is 1. The number of carbonyl (C=O) groups is 2. The van der Waals surface area contributed by atoms with Crippen LogP contribution in [-0.2, 0) is 0 Å². The number of rotatable bonds is 5. The summed E-state index contributed by atoms with van der Waals surface area (Å²) in [4.78, 5) is 36.9. The molecule has 2 amide bonds. The maximum atomic E-state index is 12.7. The lowest BCUT2D eigenvalue weighted by Crippen LogP contribution is -2.22. The summed E-state index contributed by atoms with van der Waals surface area (Å²) in [6, 6.07) is 9.25. The molecule has 8 nitrogen and oxygen atoms in total. The molecule has 0 radical (unpaired) electrons. The molecule has 8 heteroatoms. The van der Waals surface area contributed by atoms with Crippen LogP contribution >= 0.6 is 0 Å². The van der Waals surface area contributed by atoms with Gasteiger partial charge in [0.1, 0.15) is 0 Å². The molecule has 3 rings (SSSR count). The van der Waals surface area contributed by atoms with Crippen molar-refractivity contribution in [3.05, 3.63) is 63.2 Å². The Kier molecular flexibility index (Phi) is 5.07. The van der Waals surface area contributed by atoms with Gasteiger partial charge in [-0.2, -0.15) is 0 Å². The minimum absolute atomic E-state index is 0.117. The zero-order valence-corrected chi connectivity index (χ0v) is 14.9. The van der Waals surface area contributed by atoms with Gasteiger partial charge in [-0.25, -0.2) is 0 Å². The van der Waals surface area contributed by atoms with E-state index in [1.54, 1.807) is 19.1 Å². The van der Waals surface area contributed by atoms with Gasteiger partial charge in [-0.3, -0.25) is 19.7 Å². The Hall–Kier alpha value is -3.42. The van der Waals surface area contributed by atoms with Crippen molar-refractivity contribution < 1.29 is 14.5 Å². The predicted molar refractivity (Wildman–Crippen MR) is 102 cm³/mol. The highest BCUT2D eigenvalue weighted by molar-refractivity contribution is 6.07. The van der Waals surface area contributed by atoms with E-state index in [4.69, 9.17) is 5.73 Å². The monoisotopic (exact) mass is 368 g/mol. The largest absolute Gasteiger partial charge is 0.370 e. The van der Waals surface area contributed by atoms with Crippen LogP contribution in [0.15, 0.2) is 36.4 Å². The third kappa shape index (κ3) is 3.89. The van der Waals surface area contributed by atoms with E-state index in [9.17, 15) is 19.7 Å². The van der Waals surface area contributed by atoms with Crippen LogP contribution in [-0.4, -0.2) is 29.8 Å². The Balaban J connectivity index is 1.94. The minimum Gasteiger partial charge on any atom is -0.370 e. The summed E-state index contributed by atoms with van der Waals surface area (Å²) in [6.07, 6.45) is 2.10. The van der Waals surface area contributed by atoms with Crippen LogP contribution in [0.5, 0.6) is 0 Å². The number of nitrogens with zero attached hydrogens (tertiary/aromatic N) is 2. The molecule has 1 aliphatic heterocycles. The molecule has 2 aromatic rings. The van der Waals surface area contributed by atoms with Crippen LogP contribution in [0.25, 0.3) is 0 Å². The molecule has 1 aliphatic rings. The van der Waals surface area contributed by atoms with E-state index < -0.39 is 16.7 Å². The van der Waals surface area contributed by atoms with Gasteiger partial charge in [0.05, 0.1) is 16.3 Å². The Bertz CT molecular complexity index is 920. The van der Waals surface area contributed by atoms with Gasteiger partial charge in [-0.15, -0.1) is 0 Å². The Labute approximate surface area is 156 Å². The van der Waals surface area contributed by atoms with Crippen LogP contribution in [0, 0.1) is 17.0 Å². The van der Waals surface area contributed by atoms with Crippen molar-refractivity contribution in [3.63, 3.8) is 0 Å². The summed E-state index contributed by atoms with van der Waals surface area (Å²) in [5.74, 6) is -1.08. The highest BCUT2D eigenvalue weighted by atomic mass is 16.6. The number of carbonyl (C=O) groups excluding carboxylic acids is 2. The number of benzene rings is 2. The number of amides is 2. The third-order valence-corrected chi connectivity index (χ3v) is 4.64. The van der Waals surface area contributed by atoms with Crippen LogP contribution < -0.4 is 16.0 Å². The van der Waals surface area contributed by atoms with Crippen molar-refractivity contribution in [3.8, 4) is 0 Å². The molecular formula is C19H20N4O4. The second-order valence-corrected chi connectivity index (χ2v) is 6.50. The number of hydrogen-bond acceptors (Lipinski definition) is 5. The first-order valence-corrected chi connectivity index (χ1v) is 8.62. The van der Waals surface area contributed by atoms with Crippen molar-refractivity contribution in [1.29, 1.82) is 0 Å². The van der Waals surface area contributed by atoms with E-state index in [0.717, 1.165) is 31.6 Å².